The molecule has 0 aliphatic carbocycles. The van der Waals surface area contributed by atoms with Crippen molar-refractivity contribution in [2.24, 2.45) is 0 Å². The van der Waals surface area contributed by atoms with Crippen LogP contribution >= 0.6 is 0 Å². The van der Waals surface area contributed by atoms with Crippen LogP contribution in [0.25, 0.3) is 0 Å². The van der Waals surface area contributed by atoms with E-state index in [1.54, 1.807) is 0 Å². The van der Waals surface area contributed by atoms with Crippen molar-refractivity contribution >= 4 is 11.5 Å². The number of rotatable bonds is 5. The molecule has 0 amide bonds. The standard InChI is InChI=1S/C14H27N5/c1-10(2)19-14(13(15)12(4)17-19)16-9-11(3)18-7-5-6-8-18/h10-11,16H,5-9,15H2,1-4H3. The minimum Gasteiger partial charge on any atom is -0.394 e. The van der Waals surface area contributed by atoms with Crippen LogP contribution in [0, 0.1) is 6.92 Å². The van der Waals surface area contributed by atoms with E-state index in [9.17, 15) is 0 Å². The zero-order valence-electron chi connectivity index (χ0n) is 12.6. The van der Waals surface area contributed by atoms with Crippen molar-refractivity contribution in [2.45, 2.75) is 52.6 Å². The molecule has 0 radical (unpaired) electrons. The molecule has 1 saturated heterocycles. The van der Waals surface area contributed by atoms with E-state index < -0.39 is 0 Å². The van der Waals surface area contributed by atoms with E-state index in [0.717, 1.165) is 23.7 Å². The highest BCUT2D eigenvalue weighted by Gasteiger charge is 2.20. The van der Waals surface area contributed by atoms with Crippen LogP contribution in [0.2, 0.25) is 0 Å². The Bertz CT molecular complexity index is 418. The van der Waals surface area contributed by atoms with Gasteiger partial charge in [-0.25, -0.2) is 4.68 Å². The van der Waals surface area contributed by atoms with Crippen LogP contribution in [0.4, 0.5) is 11.5 Å². The summed E-state index contributed by atoms with van der Waals surface area (Å²) in [6.45, 7) is 11.9. The maximum atomic E-state index is 6.12. The number of anilines is 2. The number of hydrogen-bond donors (Lipinski definition) is 2. The summed E-state index contributed by atoms with van der Waals surface area (Å²) in [6.07, 6.45) is 2.66. The van der Waals surface area contributed by atoms with E-state index in [0.29, 0.717) is 12.1 Å². The lowest BCUT2D eigenvalue weighted by atomic mass is 10.3. The zero-order valence-corrected chi connectivity index (χ0v) is 12.6. The lowest BCUT2D eigenvalue weighted by Crippen LogP contribution is -2.36. The van der Waals surface area contributed by atoms with Crippen molar-refractivity contribution in [1.82, 2.24) is 14.7 Å². The van der Waals surface area contributed by atoms with Gasteiger partial charge < -0.3 is 11.1 Å². The Balaban J connectivity index is 2.02. The summed E-state index contributed by atoms with van der Waals surface area (Å²) in [5.41, 5.74) is 7.81. The molecule has 1 aromatic heterocycles. The minimum absolute atomic E-state index is 0.320. The summed E-state index contributed by atoms with van der Waals surface area (Å²) in [6, 6.07) is 0.860. The highest BCUT2D eigenvalue weighted by molar-refractivity contribution is 5.64. The highest BCUT2D eigenvalue weighted by atomic mass is 15.4. The predicted molar refractivity (Wildman–Crippen MR) is 80.5 cm³/mol. The van der Waals surface area contributed by atoms with Crippen molar-refractivity contribution < 1.29 is 0 Å². The topological polar surface area (TPSA) is 59.1 Å². The van der Waals surface area contributed by atoms with Gasteiger partial charge in [0.1, 0.15) is 5.82 Å². The van der Waals surface area contributed by atoms with Crippen LogP contribution in [0.1, 0.15) is 45.3 Å². The molecule has 1 fully saturated rings. The molecule has 3 N–H and O–H groups in total. The molecule has 0 aromatic carbocycles. The number of aromatic nitrogens is 2. The molecule has 1 aliphatic rings. The molecule has 5 heteroatoms. The van der Waals surface area contributed by atoms with Gasteiger partial charge in [0.15, 0.2) is 0 Å². The smallest absolute Gasteiger partial charge is 0.148 e. The molecule has 108 valence electrons. The molecule has 19 heavy (non-hydrogen) atoms. The van der Waals surface area contributed by atoms with Gasteiger partial charge in [0.05, 0.1) is 11.4 Å². The van der Waals surface area contributed by atoms with Crippen molar-refractivity contribution in [2.75, 3.05) is 30.7 Å². The maximum Gasteiger partial charge on any atom is 0.148 e. The molecule has 0 spiro atoms. The first-order valence-electron chi connectivity index (χ1n) is 7.33. The second-order valence-corrected chi connectivity index (χ2v) is 5.86. The first-order chi connectivity index (χ1) is 9.00. The molecule has 1 aromatic rings. The van der Waals surface area contributed by atoms with Gasteiger partial charge in [-0.2, -0.15) is 5.10 Å². The van der Waals surface area contributed by atoms with Crippen molar-refractivity contribution in [3.05, 3.63) is 5.69 Å². The molecule has 1 unspecified atom stereocenters. The normalized spacial score (nSPS) is 18.2. The van der Waals surface area contributed by atoms with Crippen LogP contribution in [0.3, 0.4) is 0 Å². The predicted octanol–water partition coefficient (Wildman–Crippen LogP) is 2.25. The van der Waals surface area contributed by atoms with E-state index >= 15 is 0 Å². The summed E-state index contributed by atoms with van der Waals surface area (Å²) in [7, 11) is 0. The fourth-order valence-electron chi connectivity index (χ4n) is 2.67. The van der Waals surface area contributed by atoms with Crippen LogP contribution < -0.4 is 11.1 Å². The third-order valence-electron chi connectivity index (χ3n) is 3.95. The average molecular weight is 265 g/mol. The van der Waals surface area contributed by atoms with Gasteiger partial charge >= 0.3 is 0 Å². The summed E-state index contributed by atoms with van der Waals surface area (Å²) >= 11 is 0. The van der Waals surface area contributed by atoms with Gasteiger partial charge in [-0.05, 0) is 53.6 Å². The van der Waals surface area contributed by atoms with E-state index in [1.165, 1.54) is 25.9 Å². The summed E-state index contributed by atoms with van der Waals surface area (Å²) < 4.78 is 1.99. The van der Waals surface area contributed by atoms with Gasteiger partial charge in [0.2, 0.25) is 0 Å². The van der Waals surface area contributed by atoms with Gasteiger partial charge in [0.25, 0.3) is 0 Å². The van der Waals surface area contributed by atoms with E-state index in [1.807, 2.05) is 11.6 Å². The number of likely N-dealkylation sites (tertiary alicyclic amines) is 1. The number of aryl methyl sites for hydroxylation is 1. The molecule has 2 rings (SSSR count). The summed E-state index contributed by atoms with van der Waals surface area (Å²) in [5, 5.41) is 7.99. The van der Waals surface area contributed by atoms with Gasteiger partial charge in [-0.3, -0.25) is 4.90 Å². The van der Waals surface area contributed by atoms with Gasteiger partial charge in [-0.1, -0.05) is 0 Å². The molecular weight excluding hydrogens is 238 g/mol. The largest absolute Gasteiger partial charge is 0.394 e. The number of nitrogens with one attached hydrogen (secondary N) is 1. The molecule has 0 bridgehead atoms. The second kappa shape index (κ2) is 5.82. The summed E-state index contributed by atoms with van der Waals surface area (Å²) in [5.74, 6) is 0.971. The quantitative estimate of drug-likeness (QED) is 0.857. The van der Waals surface area contributed by atoms with E-state index in [2.05, 4.69) is 36.1 Å². The van der Waals surface area contributed by atoms with Gasteiger partial charge in [0, 0.05) is 18.6 Å². The lowest BCUT2D eigenvalue weighted by molar-refractivity contribution is 0.268. The molecule has 1 atom stereocenters. The maximum absolute atomic E-state index is 6.12. The molecule has 1 aliphatic heterocycles. The summed E-state index contributed by atoms with van der Waals surface area (Å²) in [4.78, 5) is 2.53. The Morgan fingerprint density at radius 3 is 2.47 bits per heavy atom. The van der Waals surface area contributed by atoms with Crippen LogP contribution in [-0.2, 0) is 0 Å². The molecule has 5 nitrogen and oxygen atoms in total. The average Bonchev–Trinajstić information content (AvgIpc) is 2.97. The van der Waals surface area contributed by atoms with Crippen molar-refractivity contribution in [3.8, 4) is 0 Å². The van der Waals surface area contributed by atoms with Crippen molar-refractivity contribution in [3.63, 3.8) is 0 Å². The molecule has 0 saturated carbocycles. The van der Waals surface area contributed by atoms with Crippen molar-refractivity contribution in [1.29, 1.82) is 0 Å². The van der Waals surface area contributed by atoms with Crippen LogP contribution in [0.15, 0.2) is 0 Å². The van der Waals surface area contributed by atoms with E-state index in [4.69, 9.17) is 5.73 Å². The van der Waals surface area contributed by atoms with Crippen LogP contribution in [0.5, 0.6) is 0 Å². The first kappa shape index (κ1) is 14.2. The monoisotopic (exact) mass is 265 g/mol. The number of nitrogens with zero attached hydrogens (tertiary/aromatic N) is 3. The third kappa shape index (κ3) is 3.03. The van der Waals surface area contributed by atoms with E-state index in [-0.39, 0.29) is 0 Å². The Morgan fingerprint density at radius 1 is 1.26 bits per heavy atom. The SMILES string of the molecule is Cc1nn(C(C)C)c(NCC(C)N2CCCC2)c1N. The number of nitrogen functional groups attached to an aromatic ring is 1. The lowest BCUT2D eigenvalue weighted by Gasteiger charge is -2.25. The number of hydrogen-bond acceptors (Lipinski definition) is 4. The first-order valence-corrected chi connectivity index (χ1v) is 7.33. The second-order valence-electron chi connectivity index (χ2n) is 5.86. The molecular formula is C14H27N5. The minimum atomic E-state index is 0.320. The fraction of sp³-hybridized carbons (Fsp3) is 0.786. The zero-order chi connectivity index (χ0) is 14.0. The van der Waals surface area contributed by atoms with Crippen LogP contribution in [-0.4, -0.2) is 40.4 Å². The Morgan fingerprint density at radius 2 is 1.89 bits per heavy atom. The fourth-order valence-corrected chi connectivity index (χ4v) is 2.67. The van der Waals surface area contributed by atoms with Gasteiger partial charge in [-0.15, -0.1) is 0 Å². The number of nitrogens with two attached hydrogens (primary N) is 1. The Labute approximate surface area is 116 Å². The Hall–Kier alpha value is -1.23. The Kier molecular flexibility index (Phi) is 4.34. The molecule has 2 heterocycles. The third-order valence-corrected chi connectivity index (χ3v) is 3.95. The highest BCUT2D eigenvalue weighted by Crippen LogP contribution is 2.25.